The van der Waals surface area contributed by atoms with Crippen molar-refractivity contribution in [1.82, 2.24) is 15.5 Å². The Balaban J connectivity index is 1.73. The number of nitrogens with one attached hydrogen (secondary N) is 2. The van der Waals surface area contributed by atoms with E-state index in [0.29, 0.717) is 25.4 Å². The summed E-state index contributed by atoms with van der Waals surface area (Å²) in [4.78, 5) is 25.4. The van der Waals surface area contributed by atoms with Crippen LogP contribution in [0.2, 0.25) is 0 Å². The molecule has 2 amide bonds. The van der Waals surface area contributed by atoms with E-state index < -0.39 is 11.5 Å². The summed E-state index contributed by atoms with van der Waals surface area (Å²) in [5.41, 5.74) is -1.03. The molecule has 2 fully saturated rings. The second kappa shape index (κ2) is 6.43. The lowest BCUT2D eigenvalue weighted by molar-refractivity contribution is -0.148. The zero-order chi connectivity index (χ0) is 14.6. The van der Waals surface area contributed by atoms with Gasteiger partial charge in [-0.3, -0.25) is 4.90 Å². The Morgan fingerprint density at radius 3 is 2.35 bits per heavy atom. The average molecular weight is 283 g/mol. The van der Waals surface area contributed by atoms with Crippen molar-refractivity contribution in [2.24, 2.45) is 0 Å². The van der Waals surface area contributed by atoms with Crippen LogP contribution in [0.15, 0.2) is 0 Å². The van der Waals surface area contributed by atoms with Gasteiger partial charge in [0.15, 0.2) is 0 Å². The van der Waals surface area contributed by atoms with Crippen LogP contribution >= 0.6 is 0 Å². The van der Waals surface area contributed by atoms with Crippen LogP contribution in [0.25, 0.3) is 0 Å². The predicted molar refractivity (Wildman–Crippen MR) is 75.6 cm³/mol. The summed E-state index contributed by atoms with van der Waals surface area (Å²) in [5.74, 6) is -0.928. The largest absolute Gasteiger partial charge is 0.480 e. The number of carboxylic acid groups (broad SMARTS) is 1. The zero-order valence-corrected chi connectivity index (χ0v) is 12.2. The normalized spacial score (nSPS) is 23.4. The second-order valence-corrected chi connectivity index (χ2v) is 6.02. The number of urea groups is 1. The van der Waals surface area contributed by atoms with Gasteiger partial charge in [-0.05, 0) is 52.1 Å². The van der Waals surface area contributed by atoms with Gasteiger partial charge >= 0.3 is 12.0 Å². The highest BCUT2D eigenvalue weighted by atomic mass is 16.4. The number of likely N-dealkylation sites (tertiary alicyclic amines) is 1. The summed E-state index contributed by atoms with van der Waals surface area (Å²) in [5, 5.41) is 14.6. The number of hydrogen-bond acceptors (Lipinski definition) is 3. The lowest BCUT2D eigenvalue weighted by Gasteiger charge is -2.38. The van der Waals surface area contributed by atoms with Gasteiger partial charge < -0.3 is 15.7 Å². The number of aliphatic carboxylic acids is 1. The molecule has 0 aromatic rings. The molecule has 2 rings (SSSR count). The number of carbonyl (C=O) groups is 2. The van der Waals surface area contributed by atoms with Gasteiger partial charge in [0.2, 0.25) is 0 Å². The van der Waals surface area contributed by atoms with E-state index >= 15 is 0 Å². The van der Waals surface area contributed by atoms with E-state index in [1.54, 1.807) is 0 Å². The molecular formula is C14H25N3O3. The van der Waals surface area contributed by atoms with Gasteiger partial charge in [0, 0.05) is 12.6 Å². The Kier molecular flexibility index (Phi) is 4.86. The van der Waals surface area contributed by atoms with Crippen molar-refractivity contribution in [2.45, 2.75) is 57.0 Å². The molecular weight excluding hydrogens is 258 g/mol. The maximum Gasteiger partial charge on any atom is 0.329 e. The maximum absolute atomic E-state index is 11.8. The molecule has 6 nitrogen and oxygen atoms in total. The molecule has 1 aliphatic carbocycles. The molecule has 6 heteroatoms. The highest BCUT2D eigenvalue weighted by molar-refractivity contribution is 5.87. The molecule has 0 aromatic heterocycles. The second-order valence-electron chi connectivity index (χ2n) is 6.02. The fourth-order valence-electron chi connectivity index (χ4n) is 2.91. The average Bonchev–Trinajstić information content (AvgIpc) is 2.40. The summed E-state index contributed by atoms with van der Waals surface area (Å²) < 4.78 is 0. The van der Waals surface area contributed by atoms with Crippen molar-refractivity contribution < 1.29 is 14.7 Å². The Hall–Kier alpha value is -1.30. The van der Waals surface area contributed by atoms with Crippen molar-refractivity contribution in [3.63, 3.8) is 0 Å². The van der Waals surface area contributed by atoms with E-state index in [9.17, 15) is 9.59 Å². The Labute approximate surface area is 119 Å². The first-order valence-electron chi connectivity index (χ1n) is 7.57. The summed E-state index contributed by atoms with van der Waals surface area (Å²) in [7, 11) is 0. The monoisotopic (exact) mass is 283 g/mol. The molecule has 1 aliphatic heterocycles. The minimum Gasteiger partial charge on any atom is -0.480 e. The quantitative estimate of drug-likeness (QED) is 0.707. The molecule has 1 saturated carbocycles. The number of piperidine rings is 1. The SMILES string of the molecule is CC(CNC(=O)NC1(C(=O)O)CCC1)N1CCCCC1. The van der Waals surface area contributed by atoms with E-state index in [4.69, 9.17) is 5.11 Å². The molecule has 1 heterocycles. The van der Waals surface area contributed by atoms with Crippen LogP contribution in [0, 0.1) is 0 Å². The number of amides is 2. The zero-order valence-electron chi connectivity index (χ0n) is 12.2. The van der Waals surface area contributed by atoms with Crippen LogP contribution in [0.1, 0.15) is 45.4 Å². The Morgan fingerprint density at radius 2 is 1.85 bits per heavy atom. The highest BCUT2D eigenvalue weighted by Gasteiger charge is 2.45. The van der Waals surface area contributed by atoms with E-state index in [2.05, 4.69) is 22.5 Å². The molecule has 0 aromatic carbocycles. The Morgan fingerprint density at radius 1 is 1.20 bits per heavy atom. The molecule has 3 N–H and O–H groups in total. The van der Waals surface area contributed by atoms with Crippen LogP contribution in [0.5, 0.6) is 0 Å². The molecule has 0 bridgehead atoms. The molecule has 0 radical (unpaired) electrons. The summed E-state index contributed by atoms with van der Waals surface area (Å²) in [6.45, 7) is 4.83. The Bertz CT molecular complexity index is 363. The summed E-state index contributed by atoms with van der Waals surface area (Å²) in [6, 6.07) is -0.0702. The molecule has 114 valence electrons. The fourth-order valence-corrected chi connectivity index (χ4v) is 2.91. The third-order valence-corrected chi connectivity index (χ3v) is 4.54. The van der Waals surface area contributed by atoms with E-state index in [1.165, 1.54) is 19.3 Å². The smallest absolute Gasteiger partial charge is 0.329 e. The van der Waals surface area contributed by atoms with Crippen molar-refractivity contribution >= 4 is 12.0 Å². The molecule has 20 heavy (non-hydrogen) atoms. The third-order valence-electron chi connectivity index (χ3n) is 4.54. The molecule has 2 aliphatic rings. The molecule has 1 saturated heterocycles. The first-order chi connectivity index (χ1) is 9.53. The van der Waals surface area contributed by atoms with Crippen LogP contribution in [0.3, 0.4) is 0 Å². The minimum atomic E-state index is -1.03. The topological polar surface area (TPSA) is 81.7 Å². The standard InChI is InChI=1S/C14H25N3O3/c1-11(17-8-3-2-4-9-17)10-15-13(20)16-14(12(18)19)6-5-7-14/h11H,2-10H2,1H3,(H,18,19)(H2,15,16,20). The number of nitrogens with zero attached hydrogens (tertiary/aromatic N) is 1. The maximum atomic E-state index is 11.8. The predicted octanol–water partition coefficient (Wildman–Crippen LogP) is 1.17. The van der Waals surface area contributed by atoms with Gasteiger partial charge in [-0.15, -0.1) is 0 Å². The van der Waals surface area contributed by atoms with Crippen LogP contribution in [0.4, 0.5) is 4.79 Å². The third kappa shape index (κ3) is 3.42. The number of rotatable bonds is 5. The van der Waals surface area contributed by atoms with Gasteiger partial charge in [0.25, 0.3) is 0 Å². The minimum absolute atomic E-state index is 0.295. The number of hydrogen-bond donors (Lipinski definition) is 3. The lowest BCUT2D eigenvalue weighted by atomic mass is 9.77. The molecule has 1 unspecified atom stereocenters. The van der Waals surface area contributed by atoms with Gasteiger partial charge in [0.05, 0.1) is 0 Å². The van der Waals surface area contributed by atoms with Crippen molar-refractivity contribution in [1.29, 1.82) is 0 Å². The molecule has 1 atom stereocenters. The van der Waals surface area contributed by atoms with E-state index in [0.717, 1.165) is 19.5 Å². The van der Waals surface area contributed by atoms with Crippen molar-refractivity contribution in [3.05, 3.63) is 0 Å². The van der Waals surface area contributed by atoms with Crippen molar-refractivity contribution in [2.75, 3.05) is 19.6 Å². The van der Waals surface area contributed by atoms with Crippen LogP contribution in [-0.2, 0) is 4.79 Å². The summed E-state index contributed by atoms with van der Waals surface area (Å²) in [6.07, 6.45) is 5.64. The van der Waals surface area contributed by atoms with E-state index in [-0.39, 0.29) is 6.03 Å². The lowest BCUT2D eigenvalue weighted by Crippen LogP contribution is -2.61. The van der Waals surface area contributed by atoms with Crippen molar-refractivity contribution in [3.8, 4) is 0 Å². The number of carboxylic acids is 1. The first kappa shape index (κ1) is 15.1. The fraction of sp³-hybridized carbons (Fsp3) is 0.857. The van der Waals surface area contributed by atoms with Gasteiger partial charge in [-0.2, -0.15) is 0 Å². The van der Waals surface area contributed by atoms with Gasteiger partial charge in [-0.25, -0.2) is 9.59 Å². The van der Waals surface area contributed by atoms with E-state index in [1.807, 2.05) is 0 Å². The summed E-state index contributed by atoms with van der Waals surface area (Å²) >= 11 is 0. The number of carbonyl (C=O) groups excluding carboxylic acids is 1. The van der Waals surface area contributed by atoms with Gasteiger partial charge in [-0.1, -0.05) is 6.42 Å². The molecule has 0 spiro atoms. The van der Waals surface area contributed by atoms with Crippen LogP contribution in [-0.4, -0.2) is 53.2 Å². The van der Waals surface area contributed by atoms with Gasteiger partial charge in [0.1, 0.15) is 5.54 Å². The highest BCUT2D eigenvalue weighted by Crippen LogP contribution is 2.31. The first-order valence-corrected chi connectivity index (χ1v) is 7.57. The van der Waals surface area contributed by atoms with Crippen LogP contribution < -0.4 is 10.6 Å².